The van der Waals surface area contributed by atoms with Crippen molar-refractivity contribution in [3.05, 3.63) is 45.4 Å². The van der Waals surface area contributed by atoms with E-state index in [9.17, 15) is 9.59 Å². The third kappa shape index (κ3) is 4.03. The maximum atomic E-state index is 11.8. The van der Waals surface area contributed by atoms with Crippen LogP contribution in [0.4, 0.5) is 10.5 Å². The molecule has 2 amide bonds. The molecule has 0 spiro atoms. The molecule has 2 aromatic rings. The van der Waals surface area contributed by atoms with E-state index in [4.69, 9.17) is 5.11 Å². The Labute approximate surface area is 125 Å². The van der Waals surface area contributed by atoms with Gasteiger partial charge in [0, 0.05) is 5.38 Å². The van der Waals surface area contributed by atoms with E-state index in [0.717, 1.165) is 16.3 Å². The molecule has 3 N–H and O–H groups in total. The normalized spacial score (nSPS) is 10.2. The zero-order chi connectivity index (χ0) is 15.4. The largest absolute Gasteiger partial charge is 0.478 e. The number of urea groups is 1. The Morgan fingerprint density at radius 1 is 1.33 bits per heavy atom. The Morgan fingerprint density at radius 3 is 2.71 bits per heavy atom. The minimum Gasteiger partial charge on any atom is -0.478 e. The zero-order valence-corrected chi connectivity index (χ0v) is 12.5. The van der Waals surface area contributed by atoms with Crippen molar-refractivity contribution in [3.8, 4) is 0 Å². The molecule has 110 valence electrons. The summed E-state index contributed by atoms with van der Waals surface area (Å²) >= 11 is 1.51. The molecule has 0 aliphatic heterocycles. The van der Waals surface area contributed by atoms with Crippen LogP contribution >= 0.6 is 11.3 Å². The van der Waals surface area contributed by atoms with Crippen molar-refractivity contribution in [3.63, 3.8) is 0 Å². The van der Waals surface area contributed by atoms with Crippen molar-refractivity contribution in [1.29, 1.82) is 0 Å². The smallest absolute Gasteiger partial charge is 0.337 e. The molecule has 2 rings (SSSR count). The van der Waals surface area contributed by atoms with Crippen LogP contribution in [0.2, 0.25) is 0 Å². The van der Waals surface area contributed by atoms with Crippen LogP contribution in [-0.2, 0) is 6.54 Å². The third-order valence-corrected chi connectivity index (χ3v) is 3.57. The van der Waals surface area contributed by atoms with Crippen LogP contribution in [0.3, 0.4) is 0 Å². The van der Waals surface area contributed by atoms with Gasteiger partial charge in [-0.25, -0.2) is 14.6 Å². The SMILES string of the molecule is Cc1ccc(NC(=O)NCc2csc(C)n2)c(C(=O)O)c1. The van der Waals surface area contributed by atoms with Gasteiger partial charge in [-0.2, -0.15) is 0 Å². The Hall–Kier alpha value is -2.41. The molecule has 0 aliphatic carbocycles. The van der Waals surface area contributed by atoms with Crippen molar-refractivity contribution in [2.24, 2.45) is 0 Å². The molecular formula is C14H15N3O3S. The molecule has 7 heteroatoms. The van der Waals surface area contributed by atoms with Gasteiger partial charge in [-0.15, -0.1) is 11.3 Å². The first-order valence-corrected chi connectivity index (χ1v) is 7.13. The lowest BCUT2D eigenvalue weighted by atomic mass is 10.1. The van der Waals surface area contributed by atoms with Gasteiger partial charge >= 0.3 is 12.0 Å². The van der Waals surface area contributed by atoms with E-state index in [2.05, 4.69) is 15.6 Å². The fraction of sp³-hybridized carbons (Fsp3) is 0.214. The lowest BCUT2D eigenvalue weighted by Gasteiger charge is -2.10. The van der Waals surface area contributed by atoms with Gasteiger partial charge in [0.25, 0.3) is 0 Å². The monoisotopic (exact) mass is 305 g/mol. The van der Waals surface area contributed by atoms with Crippen molar-refractivity contribution < 1.29 is 14.7 Å². The first kappa shape index (κ1) is 15.0. The quantitative estimate of drug-likeness (QED) is 0.810. The molecule has 21 heavy (non-hydrogen) atoms. The van der Waals surface area contributed by atoms with E-state index in [0.29, 0.717) is 6.54 Å². The molecule has 6 nitrogen and oxygen atoms in total. The fourth-order valence-electron chi connectivity index (χ4n) is 1.77. The second-order valence-corrected chi connectivity index (χ2v) is 5.58. The lowest BCUT2D eigenvalue weighted by molar-refractivity contribution is 0.0698. The van der Waals surface area contributed by atoms with E-state index in [1.807, 2.05) is 12.3 Å². The first-order chi connectivity index (χ1) is 9.95. The number of thiazole rings is 1. The summed E-state index contributed by atoms with van der Waals surface area (Å²) in [4.78, 5) is 27.2. The minimum absolute atomic E-state index is 0.0645. The van der Waals surface area contributed by atoms with Crippen LogP contribution < -0.4 is 10.6 Å². The molecule has 0 atom stereocenters. The van der Waals surface area contributed by atoms with Gasteiger partial charge in [0.15, 0.2) is 0 Å². The number of nitrogens with one attached hydrogen (secondary N) is 2. The summed E-state index contributed by atoms with van der Waals surface area (Å²) in [5, 5.41) is 17.1. The number of carboxylic acid groups (broad SMARTS) is 1. The van der Waals surface area contributed by atoms with Gasteiger partial charge in [-0.3, -0.25) is 0 Å². The van der Waals surface area contributed by atoms with Crippen LogP contribution in [0.5, 0.6) is 0 Å². The number of hydrogen-bond acceptors (Lipinski definition) is 4. The molecule has 0 radical (unpaired) electrons. The van der Waals surface area contributed by atoms with E-state index < -0.39 is 12.0 Å². The van der Waals surface area contributed by atoms with E-state index in [-0.39, 0.29) is 11.3 Å². The molecule has 1 aromatic carbocycles. The molecule has 0 aliphatic rings. The summed E-state index contributed by atoms with van der Waals surface area (Å²) in [6.07, 6.45) is 0. The molecule has 1 heterocycles. The number of aromatic carboxylic acids is 1. The molecule has 0 unspecified atom stereocenters. The van der Waals surface area contributed by atoms with Gasteiger partial charge in [0.1, 0.15) is 0 Å². The van der Waals surface area contributed by atoms with Crippen molar-refractivity contribution in [2.45, 2.75) is 20.4 Å². The van der Waals surface area contributed by atoms with Crippen LogP contribution in [0.25, 0.3) is 0 Å². The summed E-state index contributed by atoms with van der Waals surface area (Å²) in [7, 11) is 0. The van der Waals surface area contributed by atoms with Crippen LogP contribution in [0.1, 0.15) is 26.6 Å². The lowest BCUT2D eigenvalue weighted by Crippen LogP contribution is -2.29. The number of nitrogens with zero attached hydrogens (tertiary/aromatic N) is 1. The number of aryl methyl sites for hydroxylation is 2. The van der Waals surface area contributed by atoms with Gasteiger partial charge in [-0.1, -0.05) is 11.6 Å². The number of rotatable bonds is 4. The number of anilines is 1. The summed E-state index contributed by atoms with van der Waals surface area (Å²) in [5.74, 6) is -1.08. The Morgan fingerprint density at radius 2 is 2.10 bits per heavy atom. The number of carboxylic acids is 1. The highest BCUT2D eigenvalue weighted by Crippen LogP contribution is 2.17. The number of carbonyl (C=O) groups is 2. The molecule has 0 saturated carbocycles. The average molecular weight is 305 g/mol. The summed E-state index contributed by atoms with van der Waals surface area (Å²) in [5.41, 5.74) is 1.92. The predicted octanol–water partition coefficient (Wildman–Crippen LogP) is 2.78. The van der Waals surface area contributed by atoms with E-state index >= 15 is 0 Å². The summed E-state index contributed by atoms with van der Waals surface area (Å²) < 4.78 is 0. The second kappa shape index (κ2) is 6.36. The molecule has 0 fully saturated rings. The van der Waals surface area contributed by atoms with E-state index in [1.165, 1.54) is 17.4 Å². The highest BCUT2D eigenvalue weighted by molar-refractivity contribution is 7.09. The third-order valence-electron chi connectivity index (χ3n) is 2.75. The minimum atomic E-state index is -1.08. The Bertz CT molecular complexity index is 682. The number of hydrogen-bond donors (Lipinski definition) is 3. The second-order valence-electron chi connectivity index (χ2n) is 4.52. The Kier molecular flexibility index (Phi) is 4.54. The van der Waals surface area contributed by atoms with Crippen molar-refractivity contribution >= 4 is 29.0 Å². The number of benzene rings is 1. The van der Waals surface area contributed by atoms with Crippen molar-refractivity contribution in [1.82, 2.24) is 10.3 Å². The molecular weight excluding hydrogens is 290 g/mol. The van der Waals surface area contributed by atoms with Crippen molar-refractivity contribution in [2.75, 3.05) is 5.32 Å². The summed E-state index contributed by atoms with van der Waals surface area (Å²) in [6.45, 7) is 3.98. The molecule has 1 aromatic heterocycles. The van der Waals surface area contributed by atoms with Crippen LogP contribution in [-0.4, -0.2) is 22.1 Å². The van der Waals surface area contributed by atoms with E-state index in [1.54, 1.807) is 19.1 Å². The number of carbonyl (C=O) groups excluding carboxylic acids is 1. The number of aromatic nitrogens is 1. The van der Waals surface area contributed by atoms with Crippen LogP contribution in [0.15, 0.2) is 23.6 Å². The first-order valence-electron chi connectivity index (χ1n) is 6.25. The van der Waals surface area contributed by atoms with Crippen LogP contribution in [0, 0.1) is 13.8 Å². The highest BCUT2D eigenvalue weighted by Gasteiger charge is 2.12. The maximum absolute atomic E-state index is 11.8. The molecule has 0 saturated heterocycles. The average Bonchev–Trinajstić information content (AvgIpc) is 2.84. The summed E-state index contributed by atoms with van der Waals surface area (Å²) in [6, 6.07) is 4.37. The number of amides is 2. The van der Waals surface area contributed by atoms with Gasteiger partial charge < -0.3 is 15.7 Å². The zero-order valence-electron chi connectivity index (χ0n) is 11.6. The highest BCUT2D eigenvalue weighted by atomic mass is 32.1. The Balaban J connectivity index is 2.01. The fourth-order valence-corrected chi connectivity index (χ4v) is 2.38. The van der Waals surface area contributed by atoms with Gasteiger partial charge in [-0.05, 0) is 26.0 Å². The molecule has 0 bridgehead atoms. The predicted molar refractivity (Wildman–Crippen MR) is 80.8 cm³/mol. The standard InChI is InChI=1S/C14H15N3O3S/c1-8-3-4-12(11(5-8)13(18)19)17-14(20)15-6-10-7-21-9(2)16-10/h3-5,7H,6H2,1-2H3,(H,18,19)(H2,15,17,20). The maximum Gasteiger partial charge on any atom is 0.337 e. The van der Waals surface area contributed by atoms with Gasteiger partial charge in [0.2, 0.25) is 0 Å². The topological polar surface area (TPSA) is 91.3 Å². The van der Waals surface area contributed by atoms with Gasteiger partial charge in [0.05, 0.1) is 28.5 Å².